The number of carboxylic acid groups (broad SMARTS) is 1. The summed E-state index contributed by atoms with van der Waals surface area (Å²) in [4.78, 5) is 47.9. The monoisotopic (exact) mass is 553 g/mol. The van der Waals surface area contributed by atoms with E-state index in [1.165, 1.54) is 83.5 Å². The first-order chi connectivity index (χ1) is 18.9. The van der Waals surface area contributed by atoms with Crippen LogP contribution in [0.25, 0.3) is 0 Å². The predicted octanol–water partition coefficient (Wildman–Crippen LogP) is 5.83. The van der Waals surface area contributed by atoms with E-state index >= 15 is 0 Å². The van der Waals surface area contributed by atoms with E-state index in [-0.39, 0.29) is 18.7 Å². The summed E-state index contributed by atoms with van der Waals surface area (Å²) in [7, 11) is 0. The van der Waals surface area contributed by atoms with Crippen LogP contribution in [-0.2, 0) is 19.2 Å². The largest absolute Gasteiger partial charge is 0.480 e. The zero-order valence-electron chi connectivity index (χ0n) is 24.8. The molecular weight excluding hydrogens is 494 g/mol. The third-order valence-corrected chi connectivity index (χ3v) is 7.49. The Hall–Kier alpha value is -1.80. The maximum atomic E-state index is 12.5. The molecule has 1 amide bonds. The average Bonchev–Trinajstić information content (AvgIpc) is 2.92. The highest BCUT2D eigenvalue weighted by Gasteiger charge is 2.30. The summed E-state index contributed by atoms with van der Waals surface area (Å²) in [5.74, 6) is -3.27. The zero-order chi connectivity index (χ0) is 29.1. The molecule has 8 nitrogen and oxygen atoms in total. The first-order valence-corrected chi connectivity index (χ1v) is 15.8. The van der Waals surface area contributed by atoms with Crippen LogP contribution in [0.15, 0.2) is 0 Å². The Kier molecular flexibility index (Phi) is 25.2. The summed E-state index contributed by atoms with van der Waals surface area (Å²) >= 11 is 0. The van der Waals surface area contributed by atoms with Gasteiger partial charge in [0.15, 0.2) is 5.78 Å². The van der Waals surface area contributed by atoms with Crippen LogP contribution in [0.4, 0.5) is 0 Å². The number of Topliss-reactive ketones (excluding diaryl/α,β-unsaturated/α-hetero) is 1. The van der Waals surface area contributed by atoms with Gasteiger partial charge in [-0.1, -0.05) is 116 Å². The number of hydrogen-bond acceptors (Lipinski definition) is 6. The molecule has 0 bridgehead atoms. The van der Waals surface area contributed by atoms with Crippen molar-refractivity contribution in [2.24, 2.45) is 17.4 Å². The number of carboxylic acids is 1. The maximum Gasteiger partial charge on any atom is 0.326 e. The van der Waals surface area contributed by atoms with E-state index in [9.17, 15) is 24.3 Å². The van der Waals surface area contributed by atoms with Crippen molar-refractivity contribution in [3.8, 4) is 0 Å². The fraction of sp³-hybridized carbons (Fsp3) is 0.871. The van der Waals surface area contributed by atoms with Gasteiger partial charge in [0.05, 0.1) is 12.0 Å². The first-order valence-electron chi connectivity index (χ1n) is 15.8. The van der Waals surface area contributed by atoms with Gasteiger partial charge in [-0.05, 0) is 32.2 Å². The molecule has 0 aromatic carbocycles. The van der Waals surface area contributed by atoms with Gasteiger partial charge in [-0.15, -0.1) is 0 Å². The fourth-order valence-corrected chi connectivity index (χ4v) is 4.92. The molecule has 0 aliphatic carbocycles. The van der Waals surface area contributed by atoms with Crippen molar-refractivity contribution >= 4 is 23.9 Å². The summed E-state index contributed by atoms with van der Waals surface area (Å²) in [6.45, 7) is 2.75. The highest BCUT2D eigenvalue weighted by atomic mass is 16.4. The molecule has 0 radical (unpaired) electrons. The molecule has 3 atom stereocenters. The number of nitrogens with one attached hydrogen (secondary N) is 1. The van der Waals surface area contributed by atoms with Gasteiger partial charge in [0.2, 0.25) is 5.91 Å². The normalized spacial score (nSPS) is 13.5. The van der Waals surface area contributed by atoms with Gasteiger partial charge in [-0.2, -0.15) is 0 Å². The SMILES string of the molecule is CCCCCCCCCCCCCCCCCCCC(=O)N[C@@H](CC(C=O)C(=O)[C@@H](N)CCCCN)C(=O)O. The van der Waals surface area contributed by atoms with Crippen LogP contribution in [0, 0.1) is 5.92 Å². The molecule has 0 fully saturated rings. The molecule has 6 N–H and O–H groups in total. The number of amides is 1. The number of carbonyl (C=O) groups is 4. The number of aliphatic carboxylic acids is 1. The fourth-order valence-electron chi connectivity index (χ4n) is 4.92. The van der Waals surface area contributed by atoms with Crippen molar-refractivity contribution in [3.63, 3.8) is 0 Å². The van der Waals surface area contributed by atoms with Crippen molar-refractivity contribution in [3.05, 3.63) is 0 Å². The average molecular weight is 554 g/mol. The molecule has 0 spiro atoms. The lowest BCUT2D eigenvalue weighted by Gasteiger charge is -2.20. The Morgan fingerprint density at radius 3 is 1.62 bits per heavy atom. The van der Waals surface area contributed by atoms with Crippen LogP contribution < -0.4 is 16.8 Å². The van der Waals surface area contributed by atoms with Gasteiger partial charge in [0, 0.05) is 6.42 Å². The van der Waals surface area contributed by atoms with E-state index in [4.69, 9.17) is 11.5 Å². The summed E-state index contributed by atoms with van der Waals surface area (Å²) in [6, 6.07) is -2.13. The van der Waals surface area contributed by atoms with Crippen molar-refractivity contribution < 1.29 is 24.3 Å². The summed E-state index contributed by atoms with van der Waals surface area (Å²) in [5, 5.41) is 12.0. The standard InChI is InChI=1S/C31H59N3O5/c1-2-3-4-5-6-7-8-9-10-11-12-13-14-15-16-17-18-22-29(36)34-28(31(38)39)24-26(25-35)30(37)27(33)21-19-20-23-32/h25-28H,2-24,32-33H2,1H3,(H,34,36)(H,38,39)/t26?,27-,28-/m0/s1. The number of unbranched alkanes of at least 4 members (excludes halogenated alkanes) is 17. The summed E-state index contributed by atoms with van der Waals surface area (Å²) in [5.41, 5.74) is 11.3. The van der Waals surface area contributed by atoms with Gasteiger partial charge >= 0.3 is 5.97 Å². The molecule has 228 valence electrons. The molecule has 8 heteroatoms. The van der Waals surface area contributed by atoms with E-state index < -0.39 is 29.8 Å². The molecular formula is C31H59N3O5. The quantitative estimate of drug-likeness (QED) is 0.0516. The van der Waals surface area contributed by atoms with Crippen molar-refractivity contribution in [1.29, 1.82) is 0 Å². The van der Waals surface area contributed by atoms with Gasteiger partial charge in [0.25, 0.3) is 0 Å². The molecule has 0 aliphatic heterocycles. The second-order valence-corrected chi connectivity index (χ2v) is 11.1. The number of hydrogen-bond donors (Lipinski definition) is 4. The third-order valence-electron chi connectivity index (χ3n) is 7.49. The van der Waals surface area contributed by atoms with Crippen LogP contribution in [0.3, 0.4) is 0 Å². The van der Waals surface area contributed by atoms with Crippen LogP contribution >= 0.6 is 0 Å². The highest BCUT2D eigenvalue weighted by molar-refractivity contribution is 5.97. The van der Waals surface area contributed by atoms with Crippen LogP contribution in [-0.4, -0.2) is 47.7 Å². The van der Waals surface area contributed by atoms with Crippen LogP contribution in [0.1, 0.15) is 148 Å². The number of carbonyl (C=O) groups excluding carboxylic acids is 3. The first kappa shape index (κ1) is 37.2. The van der Waals surface area contributed by atoms with E-state index in [0.717, 1.165) is 25.7 Å². The molecule has 0 saturated carbocycles. The van der Waals surface area contributed by atoms with Gasteiger partial charge in [-0.25, -0.2) is 4.79 Å². The Balaban J connectivity index is 3.91. The summed E-state index contributed by atoms with van der Waals surface area (Å²) in [6.07, 6.45) is 23.5. The number of rotatable bonds is 29. The highest BCUT2D eigenvalue weighted by Crippen LogP contribution is 2.15. The Labute approximate surface area is 237 Å². The lowest BCUT2D eigenvalue weighted by atomic mass is 9.90. The van der Waals surface area contributed by atoms with Crippen LogP contribution in [0.2, 0.25) is 0 Å². The minimum Gasteiger partial charge on any atom is -0.480 e. The molecule has 0 aliphatic rings. The minimum absolute atomic E-state index is 0.237. The van der Waals surface area contributed by atoms with Crippen molar-refractivity contribution in [2.45, 2.75) is 160 Å². The van der Waals surface area contributed by atoms with Crippen LogP contribution in [0.5, 0.6) is 0 Å². The van der Waals surface area contributed by atoms with E-state index in [2.05, 4.69) is 12.2 Å². The minimum atomic E-state index is -1.29. The van der Waals surface area contributed by atoms with E-state index in [1.54, 1.807) is 0 Å². The molecule has 0 rings (SSSR count). The molecule has 1 unspecified atom stereocenters. The Bertz CT molecular complexity index is 644. The molecule has 0 saturated heterocycles. The Morgan fingerprint density at radius 2 is 1.21 bits per heavy atom. The van der Waals surface area contributed by atoms with Gasteiger partial charge < -0.3 is 26.7 Å². The van der Waals surface area contributed by atoms with Crippen molar-refractivity contribution in [2.75, 3.05) is 6.54 Å². The smallest absolute Gasteiger partial charge is 0.326 e. The number of aldehydes is 1. The molecule has 0 aromatic heterocycles. The maximum absolute atomic E-state index is 12.5. The second-order valence-electron chi connectivity index (χ2n) is 11.1. The lowest BCUT2D eigenvalue weighted by molar-refractivity contribution is -0.143. The zero-order valence-corrected chi connectivity index (χ0v) is 24.8. The lowest BCUT2D eigenvalue weighted by Crippen LogP contribution is -2.45. The van der Waals surface area contributed by atoms with Gasteiger partial charge in [0.1, 0.15) is 12.3 Å². The topological polar surface area (TPSA) is 153 Å². The molecule has 0 heterocycles. The van der Waals surface area contributed by atoms with Gasteiger partial charge in [-0.3, -0.25) is 9.59 Å². The Morgan fingerprint density at radius 1 is 0.744 bits per heavy atom. The number of nitrogens with two attached hydrogens (primary N) is 2. The third kappa shape index (κ3) is 21.7. The van der Waals surface area contributed by atoms with E-state index in [0.29, 0.717) is 32.1 Å². The number of ketones is 1. The molecule has 0 aromatic rings. The summed E-state index contributed by atoms with van der Waals surface area (Å²) < 4.78 is 0. The predicted molar refractivity (Wildman–Crippen MR) is 158 cm³/mol. The van der Waals surface area contributed by atoms with E-state index in [1.807, 2.05) is 0 Å². The van der Waals surface area contributed by atoms with Crippen molar-refractivity contribution in [1.82, 2.24) is 5.32 Å². The second kappa shape index (κ2) is 26.4. The molecule has 39 heavy (non-hydrogen) atoms.